The van der Waals surface area contributed by atoms with Crippen molar-refractivity contribution in [1.29, 1.82) is 0 Å². The van der Waals surface area contributed by atoms with Gasteiger partial charge >= 0.3 is 0 Å². The lowest BCUT2D eigenvalue weighted by Crippen LogP contribution is -2.49. The van der Waals surface area contributed by atoms with Crippen LogP contribution in [0.4, 0.5) is 11.4 Å². The Morgan fingerprint density at radius 2 is 1.68 bits per heavy atom. The molecule has 0 radical (unpaired) electrons. The standard InChI is InChI=1S/C25H34N4O2/c1-26-14-15-28-21-10-13-27(16-20(21)17-8-4-9-22(26)23(17)28)11-5-12-29-24(30)18-6-2-3-7-19(18)25(29)31/h4,8-9,18-21H,2-3,5-7,10-16H2,1H3/t18-,19+,20-,21-/m0/s1. The largest absolute Gasteiger partial charge is 0.371 e. The molecule has 2 saturated heterocycles. The van der Waals surface area contributed by atoms with E-state index in [9.17, 15) is 9.59 Å². The second-order valence-electron chi connectivity index (χ2n) is 10.3. The van der Waals surface area contributed by atoms with Crippen molar-refractivity contribution in [2.45, 2.75) is 50.5 Å². The van der Waals surface area contributed by atoms with Gasteiger partial charge in [0.2, 0.25) is 11.8 Å². The van der Waals surface area contributed by atoms with E-state index in [-0.39, 0.29) is 23.7 Å². The van der Waals surface area contributed by atoms with E-state index in [1.54, 1.807) is 4.90 Å². The van der Waals surface area contributed by atoms with Gasteiger partial charge < -0.3 is 14.7 Å². The number of anilines is 2. The van der Waals surface area contributed by atoms with Crippen LogP contribution in [0.15, 0.2) is 18.2 Å². The van der Waals surface area contributed by atoms with Crippen molar-refractivity contribution in [2.24, 2.45) is 11.8 Å². The van der Waals surface area contributed by atoms with Gasteiger partial charge in [-0.05, 0) is 43.9 Å². The Bertz CT molecular complexity index is 878. The highest BCUT2D eigenvalue weighted by Crippen LogP contribution is 2.50. The summed E-state index contributed by atoms with van der Waals surface area (Å²) < 4.78 is 0. The third kappa shape index (κ3) is 3.01. The highest BCUT2D eigenvalue weighted by Gasteiger charge is 2.48. The van der Waals surface area contributed by atoms with Gasteiger partial charge in [0.15, 0.2) is 0 Å². The highest BCUT2D eigenvalue weighted by atomic mass is 16.2. The number of amides is 2. The Morgan fingerprint density at radius 3 is 2.45 bits per heavy atom. The highest BCUT2D eigenvalue weighted by molar-refractivity contribution is 6.05. The van der Waals surface area contributed by atoms with Crippen molar-refractivity contribution >= 4 is 23.2 Å². The number of imide groups is 1. The Balaban J connectivity index is 1.10. The minimum Gasteiger partial charge on any atom is -0.371 e. The molecular weight excluding hydrogens is 388 g/mol. The third-order valence-electron chi connectivity index (χ3n) is 8.67. The van der Waals surface area contributed by atoms with Gasteiger partial charge in [-0.25, -0.2) is 0 Å². The molecule has 1 aromatic rings. The lowest BCUT2D eigenvalue weighted by molar-refractivity contribution is -0.140. The van der Waals surface area contributed by atoms with Crippen LogP contribution in [0.25, 0.3) is 0 Å². The van der Waals surface area contributed by atoms with Gasteiger partial charge in [0.25, 0.3) is 0 Å². The number of hydrogen-bond acceptors (Lipinski definition) is 5. The molecule has 0 aromatic heterocycles. The minimum atomic E-state index is -0.0141. The quantitative estimate of drug-likeness (QED) is 0.699. The molecule has 0 spiro atoms. The molecule has 4 heterocycles. The number of rotatable bonds is 4. The molecule has 1 saturated carbocycles. The number of fused-ring (bicyclic) bond motifs is 4. The van der Waals surface area contributed by atoms with Crippen LogP contribution in [-0.2, 0) is 9.59 Å². The van der Waals surface area contributed by atoms with E-state index in [4.69, 9.17) is 0 Å². The molecule has 6 nitrogen and oxygen atoms in total. The zero-order valence-electron chi connectivity index (χ0n) is 18.6. The summed E-state index contributed by atoms with van der Waals surface area (Å²) in [7, 11) is 2.21. The van der Waals surface area contributed by atoms with Crippen LogP contribution in [0.3, 0.4) is 0 Å². The summed E-state index contributed by atoms with van der Waals surface area (Å²) in [6.07, 6.45) is 6.12. The van der Waals surface area contributed by atoms with Crippen molar-refractivity contribution in [3.8, 4) is 0 Å². The maximum atomic E-state index is 12.7. The molecule has 0 unspecified atom stereocenters. The van der Waals surface area contributed by atoms with Crippen LogP contribution in [0.1, 0.15) is 50.0 Å². The number of nitrogens with zero attached hydrogens (tertiary/aromatic N) is 4. The lowest BCUT2D eigenvalue weighted by Gasteiger charge is -2.41. The molecular formula is C25H34N4O2. The zero-order chi connectivity index (χ0) is 21.1. The van der Waals surface area contributed by atoms with Gasteiger partial charge in [-0.2, -0.15) is 0 Å². The number of benzene rings is 1. The SMILES string of the molecule is CN1CCN2c3c(cccc31)[C@@H]1CN(CCCN3C(=O)[C@H]4CCCC[C@H]4C3=O)CC[C@@H]12. The van der Waals surface area contributed by atoms with E-state index in [1.807, 2.05) is 0 Å². The Labute approximate surface area is 185 Å². The summed E-state index contributed by atoms with van der Waals surface area (Å²) in [5.41, 5.74) is 4.38. The van der Waals surface area contributed by atoms with E-state index in [1.165, 1.54) is 23.4 Å². The second-order valence-corrected chi connectivity index (χ2v) is 10.3. The molecule has 166 valence electrons. The van der Waals surface area contributed by atoms with Gasteiger partial charge in [-0.15, -0.1) is 0 Å². The number of carbonyl (C=O) groups is 2. The van der Waals surface area contributed by atoms with Crippen molar-refractivity contribution in [3.63, 3.8) is 0 Å². The number of hydrogen-bond donors (Lipinski definition) is 0. The van der Waals surface area contributed by atoms with Gasteiger partial charge in [-0.3, -0.25) is 14.5 Å². The van der Waals surface area contributed by atoms with Crippen LogP contribution in [0.2, 0.25) is 0 Å². The topological polar surface area (TPSA) is 47.1 Å². The first-order chi connectivity index (χ1) is 15.1. The Morgan fingerprint density at radius 1 is 0.903 bits per heavy atom. The van der Waals surface area contributed by atoms with Crippen LogP contribution in [-0.4, -0.2) is 74.0 Å². The first-order valence-corrected chi connectivity index (χ1v) is 12.3. The van der Waals surface area contributed by atoms with Gasteiger partial charge in [0, 0.05) is 51.7 Å². The average Bonchev–Trinajstić information content (AvgIpc) is 3.24. The second kappa shape index (κ2) is 7.51. The van der Waals surface area contributed by atoms with Crippen LogP contribution < -0.4 is 9.80 Å². The third-order valence-corrected chi connectivity index (χ3v) is 8.67. The van der Waals surface area contributed by atoms with Gasteiger partial charge in [-0.1, -0.05) is 25.0 Å². The number of likely N-dealkylation sites (tertiary alicyclic amines) is 2. The van der Waals surface area contributed by atoms with Crippen molar-refractivity contribution in [1.82, 2.24) is 9.80 Å². The molecule has 1 aromatic carbocycles. The van der Waals surface area contributed by atoms with Crippen LogP contribution in [0, 0.1) is 11.8 Å². The van der Waals surface area contributed by atoms with Crippen molar-refractivity contribution < 1.29 is 9.59 Å². The molecule has 0 bridgehead atoms. The maximum absolute atomic E-state index is 12.7. The summed E-state index contributed by atoms with van der Waals surface area (Å²) in [6, 6.07) is 7.45. The van der Waals surface area contributed by atoms with Crippen LogP contribution in [0.5, 0.6) is 0 Å². The monoisotopic (exact) mass is 422 g/mol. The summed E-state index contributed by atoms with van der Waals surface area (Å²) in [5, 5.41) is 0. The summed E-state index contributed by atoms with van der Waals surface area (Å²) in [4.78, 5) is 34.7. The fraction of sp³-hybridized carbons (Fsp3) is 0.680. The van der Waals surface area contributed by atoms with Crippen molar-refractivity contribution in [2.75, 3.05) is 56.1 Å². The summed E-state index contributed by atoms with van der Waals surface area (Å²) in [6.45, 7) is 6.02. The fourth-order valence-electron chi connectivity index (χ4n) is 7.08. The van der Waals surface area contributed by atoms with E-state index < -0.39 is 0 Å². The smallest absolute Gasteiger partial charge is 0.233 e. The minimum absolute atomic E-state index is 0.0141. The first kappa shape index (κ1) is 19.6. The number of para-hydroxylation sites is 1. The maximum Gasteiger partial charge on any atom is 0.233 e. The molecule has 1 aliphatic carbocycles. The predicted molar refractivity (Wildman–Crippen MR) is 121 cm³/mol. The van der Waals surface area contributed by atoms with E-state index in [2.05, 4.69) is 39.9 Å². The molecule has 3 fully saturated rings. The molecule has 0 N–H and O–H groups in total. The Hall–Kier alpha value is -2.08. The van der Waals surface area contributed by atoms with E-state index >= 15 is 0 Å². The number of likely N-dealkylation sites (N-methyl/N-ethyl adjacent to an activating group) is 1. The molecule has 2 amide bonds. The fourth-order valence-corrected chi connectivity index (χ4v) is 7.08. The average molecular weight is 423 g/mol. The lowest BCUT2D eigenvalue weighted by atomic mass is 9.81. The zero-order valence-corrected chi connectivity index (χ0v) is 18.6. The summed E-state index contributed by atoms with van der Waals surface area (Å²) >= 11 is 0. The molecule has 4 atom stereocenters. The van der Waals surface area contributed by atoms with Crippen molar-refractivity contribution in [3.05, 3.63) is 23.8 Å². The number of piperidine rings is 1. The molecule has 31 heavy (non-hydrogen) atoms. The molecule has 6 rings (SSSR count). The predicted octanol–water partition coefficient (Wildman–Crippen LogP) is 2.68. The molecule has 6 heteroatoms. The summed E-state index contributed by atoms with van der Waals surface area (Å²) in [5.74, 6) is 0.778. The van der Waals surface area contributed by atoms with E-state index in [0.717, 1.165) is 64.8 Å². The van der Waals surface area contributed by atoms with Gasteiger partial charge in [0.05, 0.1) is 23.2 Å². The Kier molecular flexibility index (Phi) is 4.74. The van der Waals surface area contributed by atoms with Crippen LogP contribution >= 0.6 is 0 Å². The number of carbonyl (C=O) groups excluding carboxylic acids is 2. The first-order valence-electron chi connectivity index (χ1n) is 12.3. The van der Waals surface area contributed by atoms with Gasteiger partial charge in [0.1, 0.15) is 0 Å². The molecule has 4 aliphatic heterocycles. The normalized spacial score (nSPS) is 32.4. The molecule has 5 aliphatic rings. The van der Waals surface area contributed by atoms with E-state index in [0.29, 0.717) is 18.5 Å².